The van der Waals surface area contributed by atoms with Crippen molar-refractivity contribution >= 4 is 35.9 Å². The van der Waals surface area contributed by atoms with Crippen LogP contribution < -0.4 is 25.7 Å². The third kappa shape index (κ3) is 4.56. The van der Waals surface area contributed by atoms with E-state index in [1.54, 1.807) is 30.3 Å². The van der Waals surface area contributed by atoms with Crippen molar-refractivity contribution in [1.82, 2.24) is 5.16 Å². The molecule has 140 valence electrons. The van der Waals surface area contributed by atoms with Gasteiger partial charge in [-0.3, -0.25) is 0 Å². The maximum atomic E-state index is 11.7. The number of nitrogens with one attached hydrogen (secondary N) is 1. The molecule has 0 aliphatic carbocycles. The first-order valence-electron chi connectivity index (χ1n) is 8.19. The highest BCUT2D eigenvalue weighted by atomic mass is 35.5. The van der Waals surface area contributed by atoms with Crippen molar-refractivity contribution in [2.75, 3.05) is 6.61 Å². The average molecular weight is 406 g/mol. The van der Waals surface area contributed by atoms with Crippen molar-refractivity contribution in [3.8, 4) is 11.5 Å². The van der Waals surface area contributed by atoms with E-state index in [2.05, 4.69) is 11.7 Å². The largest absolute Gasteiger partial charge is 0.490 e. The van der Waals surface area contributed by atoms with E-state index in [4.69, 9.17) is 37.2 Å². The zero-order valence-corrected chi connectivity index (χ0v) is 16.1. The van der Waals surface area contributed by atoms with Gasteiger partial charge in [0.25, 0.3) is 0 Å². The summed E-state index contributed by atoms with van der Waals surface area (Å²) < 4.78 is 16.3. The van der Waals surface area contributed by atoms with Crippen LogP contribution in [0.1, 0.15) is 18.1 Å². The van der Waals surface area contributed by atoms with Crippen molar-refractivity contribution in [1.29, 1.82) is 0 Å². The first-order valence-corrected chi connectivity index (χ1v) is 8.95. The highest BCUT2D eigenvalue weighted by Crippen LogP contribution is 2.30. The highest BCUT2D eigenvalue weighted by Gasteiger charge is 2.09. The normalized spacial score (nSPS) is 11.6. The second-order valence-electron chi connectivity index (χ2n) is 5.69. The lowest BCUT2D eigenvalue weighted by atomic mass is 10.1. The number of aromatic nitrogens is 1. The number of hydrogen-bond acceptors (Lipinski definition) is 4. The maximum absolute atomic E-state index is 11.7. The van der Waals surface area contributed by atoms with Crippen LogP contribution in [-0.4, -0.2) is 11.8 Å². The van der Waals surface area contributed by atoms with Crippen LogP contribution in [0, 0.1) is 0 Å². The second-order valence-corrected chi connectivity index (χ2v) is 6.54. The van der Waals surface area contributed by atoms with Gasteiger partial charge in [-0.1, -0.05) is 41.9 Å². The third-order valence-electron chi connectivity index (χ3n) is 3.79. The van der Waals surface area contributed by atoms with Crippen LogP contribution in [0.4, 0.5) is 0 Å². The molecule has 1 aromatic heterocycles. The third-order valence-corrected chi connectivity index (χ3v) is 4.38. The van der Waals surface area contributed by atoms with Crippen LogP contribution in [0.3, 0.4) is 0 Å². The van der Waals surface area contributed by atoms with Gasteiger partial charge in [0, 0.05) is 15.6 Å². The predicted molar refractivity (Wildman–Crippen MR) is 106 cm³/mol. The van der Waals surface area contributed by atoms with E-state index >= 15 is 0 Å². The van der Waals surface area contributed by atoms with E-state index < -0.39 is 5.63 Å². The molecule has 3 aromatic rings. The summed E-state index contributed by atoms with van der Waals surface area (Å²) in [6, 6.07) is 10.6. The molecular weight excluding hydrogens is 389 g/mol. The van der Waals surface area contributed by atoms with Crippen LogP contribution >= 0.6 is 23.2 Å². The summed E-state index contributed by atoms with van der Waals surface area (Å²) in [5.41, 5.74) is 1.09. The van der Waals surface area contributed by atoms with E-state index in [1.807, 2.05) is 19.1 Å². The highest BCUT2D eigenvalue weighted by molar-refractivity contribution is 6.35. The van der Waals surface area contributed by atoms with Crippen LogP contribution in [0.15, 0.2) is 45.7 Å². The minimum atomic E-state index is -0.476. The summed E-state index contributed by atoms with van der Waals surface area (Å²) in [5.74, 6) is 1.12. The Labute approximate surface area is 165 Å². The van der Waals surface area contributed by atoms with Crippen molar-refractivity contribution in [3.63, 3.8) is 0 Å². The Balaban J connectivity index is 1.89. The SMILES string of the molecule is C=c1[nH]oc(=O)/c1=C\c1ccc(OCc2ccc(Cl)cc2Cl)c(OCC)c1. The van der Waals surface area contributed by atoms with E-state index in [0.29, 0.717) is 38.7 Å². The zero-order chi connectivity index (χ0) is 19.4. The van der Waals surface area contributed by atoms with Crippen LogP contribution in [0.25, 0.3) is 12.7 Å². The fourth-order valence-corrected chi connectivity index (χ4v) is 2.91. The van der Waals surface area contributed by atoms with Crippen molar-refractivity contribution < 1.29 is 14.0 Å². The molecule has 0 bridgehead atoms. The molecule has 0 spiro atoms. The Hall–Kier alpha value is -2.63. The molecule has 3 rings (SSSR count). The summed E-state index contributed by atoms with van der Waals surface area (Å²) in [5, 5.41) is 4.32. The minimum absolute atomic E-state index is 0.267. The van der Waals surface area contributed by atoms with Crippen LogP contribution in [0.2, 0.25) is 10.0 Å². The summed E-state index contributed by atoms with van der Waals surface area (Å²) in [6.07, 6.45) is 1.67. The van der Waals surface area contributed by atoms with Gasteiger partial charge in [-0.15, -0.1) is 0 Å². The number of ether oxygens (including phenoxy) is 2. The Kier molecular flexibility index (Phi) is 5.94. The summed E-state index contributed by atoms with van der Waals surface area (Å²) in [6.45, 7) is 6.35. The predicted octanol–water partition coefficient (Wildman–Crippen LogP) is 3.49. The van der Waals surface area contributed by atoms with E-state index in [-0.39, 0.29) is 6.61 Å². The summed E-state index contributed by atoms with van der Waals surface area (Å²) in [4.78, 5) is 11.7. The van der Waals surface area contributed by atoms with E-state index in [9.17, 15) is 4.79 Å². The maximum Gasteiger partial charge on any atom is 0.365 e. The van der Waals surface area contributed by atoms with Crippen molar-refractivity contribution in [2.45, 2.75) is 13.5 Å². The molecule has 0 radical (unpaired) electrons. The summed E-state index contributed by atoms with van der Waals surface area (Å²) >= 11 is 12.1. The molecule has 7 heteroatoms. The topological polar surface area (TPSA) is 64.5 Å². The van der Waals surface area contributed by atoms with Gasteiger partial charge < -0.3 is 14.0 Å². The van der Waals surface area contributed by atoms with Gasteiger partial charge in [0.05, 0.1) is 17.2 Å². The number of H-pyrrole nitrogens is 1. The van der Waals surface area contributed by atoms with Gasteiger partial charge >= 0.3 is 5.63 Å². The molecule has 0 aliphatic heterocycles. The van der Waals surface area contributed by atoms with Gasteiger partial charge in [0.1, 0.15) is 6.61 Å². The molecule has 27 heavy (non-hydrogen) atoms. The molecule has 0 saturated heterocycles. The molecule has 1 N–H and O–H groups in total. The number of rotatable bonds is 6. The van der Waals surface area contributed by atoms with E-state index in [0.717, 1.165) is 11.1 Å². The molecule has 0 atom stereocenters. The standard InChI is InChI=1S/C20H17Cl2NO4/c1-3-25-19-9-13(8-16-12(2)23-27-20(16)24)4-7-18(19)26-11-14-5-6-15(21)10-17(14)22/h4-10,23H,2-3,11H2,1H3/b16-8-. The van der Waals surface area contributed by atoms with Crippen LogP contribution in [0.5, 0.6) is 11.5 Å². The molecule has 0 aliphatic rings. The lowest BCUT2D eigenvalue weighted by Crippen LogP contribution is -2.31. The molecule has 0 amide bonds. The van der Waals surface area contributed by atoms with Gasteiger partial charge in [0.15, 0.2) is 11.5 Å². The lowest BCUT2D eigenvalue weighted by molar-refractivity contribution is 0.269. The Morgan fingerprint density at radius 1 is 1.15 bits per heavy atom. The summed E-state index contributed by atoms with van der Waals surface area (Å²) in [7, 11) is 0. The first-order chi connectivity index (χ1) is 13.0. The molecule has 0 unspecified atom stereocenters. The smallest absolute Gasteiger partial charge is 0.365 e. The molecular formula is C20H17Cl2NO4. The molecule has 0 saturated carbocycles. The van der Waals surface area contributed by atoms with E-state index in [1.165, 1.54) is 0 Å². The molecule has 5 nitrogen and oxygen atoms in total. The van der Waals surface area contributed by atoms with Crippen LogP contribution in [-0.2, 0) is 6.61 Å². The number of benzene rings is 2. The zero-order valence-electron chi connectivity index (χ0n) is 14.6. The monoisotopic (exact) mass is 405 g/mol. The Morgan fingerprint density at radius 2 is 1.96 bits per heavy atom. The Morgan fingerprint density at radius 3 is 2.63 bits per heavy atom. The van der Waals surface area contributed by atoms with Crippen molar-refractivity contribution in [2.24, 2.45) is 0 Å². The molecule has 2 aromatic carbocycles. The fraction of sp³-hybridized carbons (Fsp3) is 0.150. The number of hydrogen-bond donors (Lipinski definition) is 1. The fourth-order valence-electron chi connectivity index (χ4n) is 2.45. The average Bonchev–Trinajstić information content (AvgIpc) is 2.94. The van der Waals surface area contributed by atoms with Gasteiger partial charge in [0.2, 0.25) is 0 Å². The van der Waals surface area contributed by atoms with Gasteiger partial charge in [-0.25, -0.2) is 9.95 Å². The van der Waals surface area contributed by atoms with Gasteiger partial charge in [-0.05, 0) is 42.8 Å². The minimum Gasteiger partial charge on any atom is -0.490 e. The van der Waals surface area contributed by atoms with Crippen molar-refractivity contribution in [3.05, 3.63) is 78.6 Å². The molecule has 1 heterocycles. The second kappa shape index (κ2) is 8.37. The Bertz CT molecular complexity index is 1090. The van der Waals surface area contributed by atoms with Gasteiger partial charge in [-0.2, -0.15) is 0 Å². The molecule has 0 fully saturated rings. The lowest BCUT2D eigenvalue weighted by Gasteiger charge is -2.13. The quantitative estimate of drug-likeness (QED) is 0.681. The first kappa shape index (κ1) is 19.1. The number of aromatic amines is 1. The number of halogens is 2.